The van der Waals surface area contributed by atoms with Crippen molar-refractivity contribution in [1.82, 2.24) is 0 Å². The maximum absolute atomic E-state index is 12.4. The topological polar surface area (TPSA) is 120 Å². The van der Waals surface area contributed by atoms with Gasteiger partial charge in [0.05, 0.1) is 10.6 Å². The SMILES string of the molecule is NCc1ccc(S(=O)(=O)c2ccc(CS(N)(=O)=O)cc2)s1. The molecule has 114 valence electrons. The van der Waals surface area contributed by atoms with Crippen molar-refractivity contribution < 1.29 is 16.8 Å². The molecule has 2 aromatic rings. The predicted molar refractivity (Wildman–Crippen MR) is 80.9 cm³/mol. The fraction of sp³-hybridized carbons (Fsp3) is 0.167. The van der Waals surface area contributed by atoms with Gasteiger partial charge in [0, 0.05) is 11.4 Å². The first kappa shape index (κ1) is 16.1. The third-order valence-corrected chi connectivity index (χ3v) is 6.81. The minimum Gasteiger partial charge on any atom is -0.326 e. The van der Waals surface area contributed by atoms with Crippen LogP contribution in [-0.4, -0.2) is 16.8 Å². The zero-order chi connectivity index (χ0) is 15.7. The van der Waals surface area contributed by atoms with Crippen molar-refractivity contribution in [1.29, 1.82) is 0 Å². The maximum atomic E-state index is 12.4. The van der Waals surface area contributed by atoms with Crippen LogP contribution in [0.25, 0.3) is 0 Å². The summed E-state index contributed by atoms with van der Waals surface area (Å²) in [7, 11) is -7.25. The van der Waals surface area contributed by atoms with Crippen LogP contribution in [0.1, 0.15) is 10.4 Å². The van der Waals surface area contributed by atoms with E-state index >= 15 is 0 Å². The van der Waals surface area contributed by atoms with Gasteiger partial charge in [-0.2, -0.15) is 0 Å². The third kappa shape index (κ3) is 3.89. The van der Waals surface area contributed by atoms with E-state index in [9.17, 15) is 16.8 Å². The first-order valence-electron chi connectivity index (χ1n) is 5.85. The lowest BCUT2D eigenvalue weighted by Gasteiger charge is -2.04. The number of hydrogen-bond donors (Lipinski definition) is 2. The van der Waals surface area contributed by atoms with Crippen LogP contribution in [0.4, 0.5) is 0 Å². The van der Waals surface area contributed by atoms with Gasteiger partial charge in [-0.1, -0.05) is 12.1 Å². The quantitative estimate of drug-likeness (QED) is 0.830. The minimum atomic E-state index is -3.64. The van der Waals surface area contributed by atoms with Crippen LogP contribution in [0.15, 0.2) is 45.5 Å². The van der Waals surface area contributed by atoms with E-state index in [1.807, 2.05) is 0 Å². The number of sulfonamides is 1. The molecule has 0 amide bonds. The lowest BCUT2D eigenvalue weighted by Crippen LogP contribution is -2.14. The number of sulfone groups is 1. The minimum absolute atomic E-state index is 0.103. The Bertz CT molecular complexity index is 837. The largest absolute Gasteiger partial charge is 0.326 e. The number of benzene rings is 1. The molecule has 0 fully saturated rings. The zero-order valence-corrected chi connectivity index (χ0v) is 13.3. The number of primary sulfonamides is 1. The molecule has 1 heterocycles. The average molecular weight is 346 g/mol. The van der Waals surface area contributed by atoms with Gasteiger partial charge in [0.15, 0.2) is 0 Å². The molecule has 0 saturated heterocycles. The Labute approximate surface area is 127 Å². The van der Waals surface area contributed by atoms with Gasteiger partial charge in [0.1, 0.15) is 4.21 Å². The van der Waals surface area contributed by atoms with Crippen molar-refractivity contribution >= 4 is 31.2 Å². The van der Waals surface area contributed by atoms with E-state index in [0.29, 0.717) is 5.56 Å². The van der Waals surface area contributed by atoms with E-state index in [2.05, 4.69) is 0 Å². The predicted octanol–water partition coefficient (Wildman–Crippen LogP) is 0.828. The van der Waals surface area contributed by atoms with Crippen LogP contribution in [0.2, 0.25) is 0 Å². The zero-order valence-electron chi connectivity index (χ0n) is 10.9. The highest BCUT2D eigenvalue weighted by Gasteiger charge is 2.20. The third-order valence-electron chi connectivity index (χ3n) is 2.70. The van der Waals surface area contributed by atoms with Crippen molar-refractivity contribution in [2.45, 2.75) is 21.4 Å². The van der Waals surface area contributed by atoms with Crippen LogP contribution in [0.3, 0.4) is 0 Å². The number of thiophene rings is 1. The highest BCUT2D eigenvalue weighted by Crippen LogP contribution is 2.27. The molecule has 0 atom stereocenters. The van der Waals surface area contributed by atoms with E-state index in [0.717, 1.165) is 16.2 Å². The van der Waals surface area contributed by atoms with Crippen molar-refractivity contribution in [3.05, 3.63) is 46.8 Å². The molecule has 0 saturated carbocycles. The lowest BCUT2D eigenvalue weighted by atomic mass is 10.2. The van der Waals surface area contributed by atoms with Crippen LogP contribution in [0.5, 0.6) is 0 Å². The van der Waals surface area contributed by atoms with E-state index < -0.39 is 19.9 Å². The van der Waals surface area contributed by atoms with E-state index in [4.69, 9.17) is 10.9 Å². The Hall–Kier alpha value is -1.26. The summed E-state index contributed by atoms with van der Waals surface area (Å²) in [6.45, 7) is 0.285. The normalized spacial score (nSPS) is 12.5. The highest BCUT2D eigenvalue weighted by atomic mass is 32.2. The molecule has 1 aromatic carbocycles. The van der Waals surface area contributed by atoms with Gasteiger partial charge in [-0.3, -0.25) is 0 Å². The second kappa shape index (κ2) is 5.85. The molecule has 0 aliphatic carbocycles. The van der Waals surface area contributed by atoms with Gasteiger partial charge >= 0.3 is 0 Å². The monoisotopic (exact) mass is 346 g/mol. The van der Waals surface area contributed by atoms with E-state index in [1.165, 1.54) is 30.3 Å². The van der Waals surface area contributed by atoms with E-state index in [-0.39, 0.29) is 21.4 Å². The molecular weight excluding hydrogens is 332 g/mol. The fourth-order valence-corrected chi connectivity index (χ4v) is 5.02. The second-order valence-electron chi connectivity index (χ2n) is 4.38. The Balaban J connectivity index is 2.33. The Morgan fingerprint density at radius 2 is 1.57 bits per heavy atom. The first-order valence-corrected chi connectivity index (χ1v) is 9.87. The van der Waals surface area contributed by atoms with Crippen molar-refractivity contribution in [3.63, 3.8) is 0 Å². The standard InChI is InChI=1S/C12H14N2O4S3/c13-7-10-3-6-12(19-10)21(17,18)11-4-1-9(2-5-11)8-20(14,15)16/h1-6H,7-8,13H2,(H2,14,15,16). The molecule has 0 aliphatic heterocycles. The summed E-state index contributed by atoms with van der Waals surface area (Å²) >= 11 is 1.12. The van der Waals surface area contributed by atoms with Gasteiger partial charge in [0.2, 0.25) is 19.9 Å². The van der Waals surface area contributed by atoms with Crippen LogP contribution >= 0.6 is 11.3 Å². The molecule has 9 heteroatoms. The smallest absolute Gasteiger partial charge is 0.215 e. The summed E-state index contributed by atoms with van der Waals surface area (Å²) in [6, 6.07) is 8.81. The van der Waals surface area contributed by atoms with Gasteiger partial charge in [-0.05, 0) is 29.8 Å². The molecule has 0 spiro atoms. The Morgan fingerprint density at radius 3 is 2.05 bits per heavy atom. The van der Waals surface area contributed by atoms with Crippen molar-refractivity contribution in [2.24, 2.45) is 10.9 Å². The number of hydrogen-bond acceptors (Lipinski definition) is 6. The Kier molecular flexibility index (Phi) is 4.49. The molecule has 4 N–H and O–H groups in total. The first-order chi connectivity index (χ1) is 9.72. The number of rotatable bonds is 5. The molecule has 0 bridgehead atoms. The summed E-state index contributed by atoms with van der Waals surface area (Å²) in [5, 5.41) is 4.94. The summed E-state index contributed by atoms with van der Waals surface area (Å²) in [6.07, 6.45) is 0. The highest BCUT2D eigenvalue weighted by molar-refractivity contribution is 7.93. The van der Waals surface area contributed by atoms with Gasteiger partial charge in [0.25, 0.3) is 0 Å². The summed E-state index contributed by atoms with van der Waals surface area (Å²) in [5.74, 6) is -0.330. The van der Waals surface area contributed by atoms with Crippen molar-refractivity contribution in [3.8, 4) is 0 Å². The van der Waals surface area contributed by atoms with E-state index in [1.54, 1.807) is 6.07 Å². The molecular formula is C12H14N2O4S3. The molecule has 6 nitrogen and oxygen atoms in total. The Morgan fingerprint density at radius 1 is 0.952 bits per heavy atom. The average Bonchev–Trinajstić information content (AvgIpc) is 2.87. The summed E-state index contributed by atoms with van der Waals surface area (Å²) in [4.78, 5) is 0.880. The van der Waals surface area contributed by atoms with Crippen LogP contribution in [-0.2, 0) is 32.2 Å². The lowest BCUT2D eigenvalue weighted by molar-refractivity contribution is 0.596. The molecule has 0 radical (unpaired) electrons. The molecule has 0 unspecified atom stereocenters. The van der Waals surface area contributed by atoms with Crippen LogP contribution in [0, 0.1) is 0 Å². The maximum Gasteiger partial charge on any atom is 0.215 e. The molecule has 2 rings (SSSR count). The summed E-state index contributed by atoms with van der Waals surface area (Å²) < 4.78 is 47.0. The summed E-state index contributed by atoms with van der Waals surface area (Å²) in [5.41, 5.74) is 5.91. The molecule has 1 aromatic heterocycles. The van der Waals surface area contributed by atoms with Gasteiger partial charge < -0.3 is 5.73 Å². The second-order valence-corrected chi connectivity index (χ2v) is 9.34. The van der Waals surface area contributed by atoms with Gasteiger partial charge in [-0.25, -0.2) is 22.0 Å². The van der Waals surface area contributed by atoms with Crippen LogP contribution < -0.4 is 10.9 Å². The van der Waals surface area contributed by atoms with Gasteiger partial charge in [-0.15, -0.1) is 11.3 Å². The number of nitrogens with two attached hydrogens (primary N) is 2. The molecule has 21 heavy (non-hydrogen) atoms. The fourth-order valence-electron chi connectivity index (χ4n) is 1.73. The molecule has 0 aliphatic rings. The van der Waals surface area contributed by atoms with Crippen molar-refractivity contribution in [2.75, 3.05) is 0 Å².